The number of rotatable bonds is 5. The minimum atomic E-state index is 0.00213. The molecule has 102 valence electrons. The number of carbonyl (C=O) groups is 1. The van der Waals surface area contributed by atoms with Crippen molar-refractivity contribution in [2.45, 2.75) is 13.3 Å². The minimum absolute atomic E-state index is 0.00213. The van der Waals surface area contributed by atoms with Gasteiger partial charge in [-0.3, -0.25) is 4.79 Å². The summed E-state index contributed by atoms with van der Waals surface area (Å²) in [6, 6.07) is 5.63. The summed E-state index contributed by atoms with van der Waals surface area (Å²) in [4.78, 5) is 14.4. The molecule has 0 saturated carbocycles. The van der Waals surface area contributed by atoms with E-state index in [-0.39, 0.29) is 5.91 Å². The third-order valence-corrected chi connectivity index (χ3v) is 3.04. The predicted octanol–water partition coefficient (Wildman–Crippen LogP) is 2.53. The fraction of sp³-hybridized carbons (Fsp3) is 0.400. The average Bonchev–Trinajstić information content (AvgIpc) is 2.46. The lowest BCUT2D eigenvalue weighted by molar-refractivity contribution is 0.0769. The van der Waals surface area contributed by atoms with Crippen LogP contribution < -0.4 is 10.1 Å². The molecule has 1 N–H and O–H groups in total. The molecule has 0 aromatic heterocycles. The van der Waals surface area contributed by atoms with E-state index in [0.29, 0.717) is 24.5 Å². The van der Waals surface area contributed by atoms with Gasteiger partial charge >= 0.3 is 0 Å². The first-order valence-electron chi connectivity index (χ1n) is 6.67. The molecule has 0 radical (unpaired) electrons. The number of para-hydroxylation sites is 1. The number of hydrogen-bond donors (Lipinski definition) is 1. The third-order valence-electron chi connectivity index (χ3n) is 3.04. The van der Waals surface area contributed by atoms with Crippen LogP contribution in [0.1, 0.15) is 23.7 Å². The first kappa shape index (κ1) is 13.5. The Hall–Kier alpha value is -1.97. The normalized spacial score (nSPS) is 12.9. The highest BCUT2D eigenvalue weighted by atomic mass is 16.5. The fourth-order valence-electron chi connectivity index (χ4n) is 2.21. The van der Waals surface area contributed by atoms with Crippen molar-refractivity contribution in [2.24, 2.45) is 0 Å². The topological polar surface area (TPSA) is 41.6 Å². The maximum atomic E-state index is 12.6. The van der Waals surface area contributed by atoms with E-state index in [2.05, 4.69) is 18.8 Å². The van der Waals surface area contributed by atoms with Crippen LogP contribution in [0, 0.1) is 0 Å². The van der Waals surface area contributed by atoms with Gasteiger partial charge in [0.1, 0.15) is 6.61 Å². The summed E-state index contributed by atoms with van der Waals surface area (Å²) >= 11 is 0. The smallest absolute Gasteiger partial charge is 0.257 e. The highest BCUT2D eigenvalue weighted by molar-refractivity contribution is 5.99. The fourth-order valence-corrected chi connectivity index (χ4v) is 2.21. The Morgan fingerprint density at radius 1 is 1.58 bits per heavy atom. The number of amides is 1. The summed E-state index contributed by atoms with van der Waals surface area (Å²) in [6.07, 6.45) is 2.68. The molecule has 0 spiro atoms. The molecule has 0 atom stereocenters. The number of ether oxygens (including phenoxy) is 1. The number of carbonyl (C=O) groups excluding carboxylic acids is 1. The highest BCUT2D eigenvalue weighted by Gasteiger charge is 2.22. The summed E-state index contributed by atoms with van der Waals surface area (Å²) in [5.41, 5.74) is 1.52. The molecule has 4 heteroatoms. The molecule has 0 bridgehead atoms. The number of hydrogen-bond acceptors (Lipinski definition) is 3. The average molecular weight is 260 g/mol. The Bertz CT molecular complexity index is 471. The zero-order chi connectivity index (χ0) is 13.7. The number of nitrogens with one attached hydrogen (secondary N) is 1. The molecule has 1 amide bonds. The van der Waals surface area contributed by atoms with Crippen LogP contribution in [0.5, 0.6) is 5.75 Å². The first-order valence-corrected chi connectivity index (χ1v) is 6.67. The molecule has 0 fully saturated rings. The van der Waals surface area contributed by atoms with Crippen LogP contribution in [-0.2, 0) is 0 Å². The summed E-state index contributed by atoms with van der Waals surface area (Å²) in [5, 5.41) is 3.24. The molecular weight excluding hydrogens is 240 g/mol. The summed E-state index contributed by atoms with van der Waals surface area (Å²) < 4.78 is 5.65. The standard InChI is InChI=1S/C15H20N2O2/c1-3-9-17(10-4-2)15(18)12-6-5-7-13-14(12)19-11-8-16-13/h3,5-7,16H,1,4,8-11H2,2H3. The predicted molar refractivity (Wildman–Crippen MR) is 76.8 cm³/mol. The molecule has 1 aromatic rings. The number of benzene rings is 1. The lowest BCUT2D eigenvalue weighted by atomic mass is 10.1. The minimum Gasteiger partial charge on any atom is -0.489 e. The zero-order valence-electron chi connectivity index (χ0n) is 11.3. The van der Waals surface area contributed by atoms with Crippen LogP contribution in [0.3, 0.4) is 0 Å². The van der Waals surface area contributed by atoms with Crippen molar-refractivity contribution in [1.29, 1.82) is 0 Å². The van der Waals surface area contributed by atoms with Gasteiger partial charge in [0.15, 0.2) is 5.75 Å². The van der Waals surface area contributed by atoms with Gasteiger partial charge in [-0.1, -0.05) is 19.1 Å². The van der Waals surface area contributed by atoms with Crippen LogP contribution in [0.4, 0.5) is 5.69 Å². The SMILES string of the molecule is C=CCN(CCC)C(=O)c1cccc2c1OCCN2. The quantitative estimate of drug-likeness (QED) is 0.827. The van der Waals surface area contributed by atoms with Crippen LogP contribution in [0.15, 0.2) is 30.9 Å². The third kappa shape index (κ3) is 2.89. The molecule has 1 aliphatic rings. The van der Waals surface area contributed by atoms with E-state index in [0.717, 1.165) is 25.2 Å². The van der Waals surface area contributed by atoms with E-state index < -0.39 is 0 Å². The lowest BCUT2D eigenvalue weighted by Crippen LogP contribution is -2.33. The zero-order valence-corrected chi connectivity index (χ0v) is 11.3. The van der Waals surface area contributed by atoms with Crippen molar-refractivity contribution in [1.82, 2.24) is 4.90 Å². The van der Waals surface area contributed by atoms with Gasteiger partial charge in [0.05, 0.1) is 11.3 Å². The van der Waals surface area contributed by atoms with Gasteiger partial charge in [0, 0.05) is 19.6 Å². The lowest BCUT2D eigenvalue weighted by Gasteiger charge is -2.25. The maximum Gasteiger partial charge on any atom is 0.257 e. The second-order valence-electron chi connectivity index (χ2n) is 4.50. The second kappa shape index (κ2) is 6.27. The largest absolute Gasteiger partial charge is 0.489 e. The molecule has 2 rings (SSSR count). The van der Waals surface area contributed by atoms with Crippen LogP contribution >= 0.6 is 0 Å². The number of fused-ring (bicyclic) bond motifs is 1. The van der Waals surface area contributed by atoms with Crippen molar-refractivity contribution < 1.29 is 9.53 Å². The van der Waals surface area contributed by atoms with E-state index in [4.69, 9.17) is 4.74 Å². The van der Waals surface area contributed by atoms with Crippen molar-refractivity contribution >= 4 is 11.6 Å². The van der Waals surface area contributed by atoms with Crippen molar-refractivity contribution in [3.8, 4) is 5.75 Å². The van der Waals surface area contributed by atoms with Gasteiger partial charge in [0.2, 0.25) is 0 Å². The Morgan fingerprint density at radius 2 is 2.42 bits per heavy atom. The van der Waals surface area contributed by atoms with Gasteiger partial charge in [-0.2, -0.15) is 0 Å². The van der Waals surface area contributed by atoms with Crippen molar-refractivity contribution in [3.63, 3.8) is 0 Å². The molecule has 0 saturated heterocycles. The van der Waals surface area contributed by atoms with E-state index in [9.17, 15) is 4.79 Å². The summed E-state index contributed by atoms with van der Waals surface area (Å²) in [7, 11) is 0. The van der Waals surface area contributed by atoms with Gasteiger partial charge in [0.25, 0.3) is 5.91 Å². The molecule has 1 aromatic carbocycles. The monoisotopic (exact) mass is 260 g/mol. The van der Waals surface area contributed by atoms with E-state index in [1.54, 1.807) is 11.0 Å². The highest BCUT2D eigenvalue weighted by Crippen LogP contribution is 2.32. The molecule has 1 heterocycles. The molecular formula is C15H20N2O2. The van der Waals surface area contributed by atoms with Crippen molar-refractivity contribution in [3.05, 3.63) is 36.4 Å². The van der Waals surface area contributed by atoms with Gasteiger partial charge in [-0.05, 0) is 18.6 Å². The summed E-state index contributed by atoms with van der Waals surface area (Å²) in [6.45, 7) is 8.41. The van der Waals surface area contributed by atoms with Gasteiger partial charge < -0.3 is 15.0 Å². The second-order valence-corrected chi connectivity index (χ2v) is 4.50. The number of nitrogens with zero attached hydrogens (tertiary/aromatic N) is 1. The first-order chi connectivity index (χ1) is 9.27. The van der Waals surface area contributed by atoms with Crippen LogP contribution in [0.2, 0.25) is 0 Å². The molecule has 0 unspecified atom stereocenters. The Labute approximate surface area is 114 Å². The molecule has 1 aliphatic heterocycles. The van der Waals surface area contributed by atoms with E-state index in [1.165, 1.54) is 0 Å². The molecule has 19 heavy (non-hydrogen) atoms. The Morgan fingerprint density at radius 3 is 3.16 bits per heavy atom. The number of anilines is 1. The molecule has 4 nitrogen and oxygen atoms in total. The maximum absolute atomic E-state index is 12.6. The van der Waals surface area contributed by atoms with Crippen LogP contribution in [-0.4, -0.2) is 37.0 Å². The molecule has 0 aliphatic carbocycles. The Kier molecular flexibility index (Phi) is 4.44. The summed E-state index contributed by atoms with van der Waals surface area (Å²) in [5.74, 6) is 0.672. The van der Waals surface area contributed by atoms with Gasteiger partial charge in [-0.15, -0.1) is 6.58 Å². The Balaban J connectivity index is 2.29. The van der Waals surface area contributed by atoms with Crippen LogP contribution in [0.25, 0.3) is 0 Å². The van der Waals surface area contributed by atoms with Crippen molar-refractivity contribution in [2.75, 3.05) is 31.6 Å². The van der Waals surface area contributed by atoms with E-state index >= 15 is 0 Å². The van der Waals surface area contributed by atoms with Gasteiger partial charge in [-0.25, -0.2) is 0 Å². The van der Waals surface area contributed by atoms with E-state index in [1.807, 2.05) is 18.2 Å².